The maximum absolute atomic E-state index is 13.5. The zero-order chi connectivity index (χ0) is 24.7. The van der Waals surface area contributed by atoms with Crippen LogP contribution in [0.2, 0.25) is 0 Å². The Morgan fingerprint density at radius 3 is 2.21 bits per heavy atom. The first-order valence-corrected chi connectivity index (χ1v) is 10.3. The van der Waals surface area contributed by atoms with Crippen LogP contribution < -0.4 is 19.6 Å². The topological polar surface area (TPSA) is 168 Å². The molecule has 2 heterocycles. The molecule has 5 unspecified atom stereocenters. The molecule has 11 nitrogen and oxygen atoms in total. The number of rotatable bonds is 5. The van der Waals surface area contributed by atoms with Crippen LogP contribution in [-0.2, 0) is 4.74 Å². The summed E-state index contributed by atoms with van der Waals surface area (Å²) in [5.41, 5.74) is -0.657. The van der Waals surface area contributed by atoms with Gasteiger partial charge in [-0.1, -0.05) is 0 Å². The normalized spacial score (nSPS) is 24.7. The van der Waals surface area contributed by atoms with Crippen molar-refractivity contribution >= 4 is 11.0 Å². The Labute approximate surface area is 192 Å². The Balaban J connectivity index is 1.97. The zero-order valence-electron chi connectivity index (χ0n) is 18.5. The van der Waals surface area contributed by atoms with Crippen LogP contribution in [0.1, 0.15) is 6.92 Å². The molecule has 1 aliphatic rings. The highest BCUT2D eigenvalue weighted by Gasteiger charge is 2.44. The number of aliphatic hydroxyl groups excluding tert-OH is 3. The van der Waals surface area contributed by atoms with Crippen LogP contribution in [0.15, 0.2) is 39.5 Å². The minimum absolute atomic E-state index is 0.0387. The highest BCUT2D eigenvalue weighted by Crippen LogP contribution is 2.43. The highest BCUT2D eigenvalue weighted by molar-refractivity contribution is 5.93. The van der Waals surface area contributed by atoms with Gasteiger partial charge in [0, 0.05) is 11.6 Å². The van der Waals surface area contributed by atoms with Crippen molar-refractivity contribution in [1.29, 1.82) is 0 Å². The van der Waals surface area contributed by atoms with Gasteiger partial charge < -0.3 is 48.9 Å². The third-order valence-corrected chi connectivity index (χ3v) is 5.62. The van der Waals surface area contributed by atoms with Crippen LogP contribution in [-0.4, -0.2) is 70.5 Å². The predicted molar refractivity (Wildman–Crippen MR) is 117 cm³/mol. The SMILES string of the molecule is COc1cc(O)c2c(=O)c(OC3OC(C)C(O)C(O)C3O)c(-c3ccc(O)cc3)oc2c1OC. The third kappa shape index (κ3) is 3.88. The summed E-state index contributed by atoms with van der Waals surface area (Å²) in [6, 6.07) is 6.81. The van der Waals surface area contributed by atoms with Crippen LogP contribution in [0.5, 0.6) is 28.7 Å². The Morgan fingerprint density at radius 1 is 0.912 bits per heavy atom. The van der Waals surface area contributed by atoms with Crippen molar-refractivity contribution in [1.82, 2.24) is 0 Å². The lowest BCUT2D eigenvalue weighted by molar-refractivity contribution is -0.268. The molecule has 0 saturated carbocycles. The van der Waals surface area contributed by atoms with Gasteiger partial charge in [-0.2, -0.15) is 0 Å². The Hall–Kier alpha value is -3.51. The van der Waals surface area contributed by atoms with E-state index < -0.39 is 47.6 Å². The zero-order valence-corrected chi connectivity index (χ0v) is 18.5. The van der Waals surface area contributed by atoms with Crippen molar-refractivity contribution in [3.63, 3.8) is 0 Å². The number of aromatic hydroxyl groups is 2. The quantitative estimate of drug-likeness (QED) is 0.357. The molecule has 3 aromatic rings. The first-order valence-electron chi connectivity index (χ1n) is 10.3. The summed E-state index contributed by atoms with van der Waals surface area (Å²) < 4.78 is 27.7. The van der Waals surface area contributed by atoms with Gasteiger partial charge in [0.25, 0.3) is 0 Å². The molecule has 1 fully saturated rings. The lowest BCUT2D eigenvalue weighted by Crippen LogP contribution is -2.58. The molecule has 2 aromatic carbocycles. The van der Waals surface area contributed by atoms with Crippen molar-refractivity contribution in [2.45, 2.75) is 37.6 Å². The molecule has 0 spiro atoms. The lowest BCUT2D eigenvalue weighted by atomic mass is 10.00. The smallest absolute Gasteiger partial charge is 0.239 e. The van der Waals surface area contributed by atoms with Gasteiger partial charge in [-0.25, -0.2) is 0 Å². The van der Waals surface area contributed by atoms with E-state index in [2.05, 4.69) is 0 Å². The molecule has 4 rings (SSSR count). The number of phenols is 2. The predicted octanol–water partition coefficient (Wildman–Crippen LogP) is 1.09. The second-order valence-electron chi connectivity index (χ2n) is 7.77. The summed E-state index contributed by atoms with van der Waals surface area (Å²) in [7, 11) is 2.68. The van der Waals surface area contributed by atoms with Crippen molar-refractivity contribution in [3.8, 4) is 40.1 Å². The number of aliphatic hydroxyl groups is 3. The van der Waals surface area contributed by atoms with Gasteiger partial charge in [-0.3, -0.25) is 4.79 Å². The molecule has 0 amide bonds. The number of methoxy groups -OCH3 is 2. The summed E-state index contributed by atoms with van der Waals surface area (Å²) in [6.45, 7) is 1.46. The molecule has 182 valence electrons. The van der Waals surface area contributed by atoms with Gasteiger partial charge in [0.2, 0.25) is 23.2 Å². The molecule has 1 aliphatic heterocycles. The van der Waals surface area contributed by atoms with E-state index in [0.717, 1.165) is 0 Å². The molecular formula is C23H24O11. The summed E-state index contributed by atoms with van der Waals surface area (Å²) in [5, 5.41) is 50.4. The van der Waals surface area contributed by atoms with E-state index in [1.807, 2.05) is 0 Å². The minimum atomic E-state index is -1.70. The molecular weight excluding hydrogens is 452 g/mol. The number of benzene rings is 2. The number of phenolic OH excluding ortho intramolecular Hbond substituents is 2. The first kappa shape index (κ1) is 23.6. The van der Waals surface area contributed by atoms with Gasteiger partial charge in [-0.15, -0.1) is 0 Å². The van der Waals surface area contributed by atoms with Gasteiger partial charge in [0.05, 0.1) is 20.3 Å². The van der Waals surface area contributed by atoms with E-state index in [0.29, 0.717) is 5.56 Å². The van der Waals surface area contributed by atoms with Crippen LogP contribution in [0.3, 0.4) is 0 Å². The number of ether oxygens (including phenoxy) is 4. The van der Waals surface area contributed by atoms with E-state index in [-0.39, 0.29) is 34.0 Å². The van der Waals surface area contributed by atoms with Gasteiger partial charge in [0.15, 0.2) is 17.1 Å². The Morgan fingerprint density at radius 2 is 1.59 bits per heavy atom. The van der Waals surface area contributed by atoms with E-state index >= 15 is 0 Å². The van der Waals surface area contributed by atoms with Crippen LogP contribution >= 0.6 is 0 Å². The van der Waals surface area contributed by atoms with Crippen molar-refractivity contribution < 1.29 is 48.9 Å². The van der Waals surface area contributed by atoms with Crippen molar-refractivity contribution in [3.05, 3.63) is 40.6 Å². The van der Waals surface area contributed by atoms with E-state index in [1.54, 1.807) is 0 Å². The maximum Gasteiger partial charge on any atom is 0.239 e. The van der Waals surface area contributed by atoms with Gasteiger partial charge in [0.1, 0.15) is 35.2 Å². The van der Waals surface area contributed by atoms with Crippen LogP contribution in [0.4, 0.5) is 0 Å². The number of hydrogen-bond donors (Lipinski definition) is 5. The molecule has 1 saturated heterocycles. The number of hydrogen-bond acceptors (Lipinski definition) is 11. The van der Waals surface area contributed by atoms with Crippen molar-refractivity contribution in [2.24, 2.45) is 0 Å². The second kappa shape index (κ2) is 9.03. The summed E-state index contributed by atoms with van der Waals surface area (Å²) in [6.07, 6.45) is -7.15. The Bertz CT molecular complexity index is 1250. The molecule has 34 heavy (non-hydrogen) atoms. The molecule has 5 N–H and O–H groups in total. The average Bonchev–Trinajstić information content (AvgIpc) is 2.82. The monoisotopic (exact) mass is 476 g/mol. The number of fused-ring (bicyclic) bond motifs is 1. The van der Waals surface area contributed by atoms with Crippen LogP contribution in [0.25, 0.3) is 22.3 Å². The largest absolute Gasteiger partial charge is 0.508 e. The van der Waals surface area contributed by atoms with E-state index in [9.17, 15) is 30.3 Å². The molecule has 1 aromatic heterocycles. The second-order valence-corrected chi connectivity index (χ2v) is 7.77. The molecule has 5 atom stereocenters. The van der Waals surface area contributed by atoms with E-state index in [1.165, 1.54) is 51.5 Å². The fourth-order valence-electron chi connectivity index (χ4n) is 3.77. The fourth-order valence-corrected chi connectivity index (χ4v) is 3.77. The van der Waals surface area contributed by atoms with Crippen LogP contribution in [0, 0.1) is 0 Å². The van der Waals surface area contributed by atoms with Crippen molar-refractivity contribution in [2.75, 3.05) is 14.2 Å². The fraction of sp³-hybridized carbons (Fsp3) is 0.348. The standard InChI is InChI=1S/C23H24O11/c1-9-15(26)17(28)18(29)23(32-9)34-22-16(27)14-12(25)8-13(30-2)20(31-3)21(14)33-19(22)10-4-6-11(24)7-5-10/h4-9,15,17-18,23-26,28-29H,1-3H3. The highest BCUT2D eigenvalue weighted by atomic mass is 16.7. The Kier molecular flexibility index (Phi) is 6.28. The van der Waals surface area contributed by atoms with Gasteiger partial charge in [-0.05, 0) is 31.2 Å². The molecule has 0 bridgehead atoms. The summed E-state index contributed by atoms with van der Waals surface area (Å²) in [4.78, 5) is 13.5. The minimum Gasteiger partial charge on any atom is -0.508 e. The summed E-state index contributed by atoms with van der Waals surface area (Å²) >= 11 is 0. The summed E-state index contributed by atoms with van der Waals surface area (Å²) in [5.74, 6) is -0.938. The lowest BCUT2D eigenvalue weighted by Gasteiger charge is -2.38. The molecule has 11 heteroatoms. The first-order chi connectivity index (χ1) is 16.2. The molecule has 0 radical (unpaired) electrons. The maximum atomic E-state index is 13.5. The third-order valence-electron chi connectivity index (χ3n) is 5.62. The van der Waals surface area contributed by atoms with Gasteiger partial charge >= 0.3 is 0 Å². The average molecular weight is 476 g/mol. The van der Waals surface area contributed by atoms with E-state index in [4.69, 9.17) is 23.4 Å². The molecule has 0 aliphatic carbocycles.